The molecule has 0 aromatic heterocycles. The van der Waals surface area contributed by atoms with Gasteiger partial charge in [-0.15, -0.1) is 0 Å². The van der Waals surface area contributed by atoms with E-state index >= 15 is 0 Å². The van der Waals surface area contributed by atoms with Crippen LogP contribution in [0.4, 0.5) is 0 Å². The van der Waals surface area contributed by atoms with Crippen molar-refractivity contribution in [2.75, 3.05) is 28.2 Å². The molecule has 0 aromatic rings. The van der Waals surface area contributed by atoms with E-state index in [0.717, 1.165) is 18.4 Å². The summed E-state index contributed by atoms with van der Waals surface area (Å²) in [6.07, 6.45) is 1.72. The van der Waals surface area contributed by atoms with Gasteiger partial charge < -0.3 is 9.80 Å². The van der Waals surface area contributed by atoms with Crippen LogP contribution in [0.1, 0.15) is 19.8 Å². The normalized spacial score (nSPS) is 29.7. The third kappa shape index (κ3) is 3.22. The third-order valence-electron chi connectivity index (χ3n) is 5.15. The highest BCUT2D eigenvalue weighted by molar-refractivity contribution is 6.69. The predicted molar refractivity (Wildman–Crippen MR) is 93.6 cm³/mol. The van der Waals surface area contributed by atoms with Gasteiger partial charge in [-0.2, -0.15) is 0 Å². The van der Waals surface area contributed by atoms with Gasteiger partial charge in [0.25, 0.3) is 0 Å². The molecule has 2 rings (SSSR count). The molecule has 2 amide bonds. The maximum atomic E-state index is 12.7. The monoisotopic (exact) mass is 380 g/mol. The Morgan fingerprint density at radius 1 is 0.913 bits per heavy atom. The van der Waals surface area contributed by atoms with Gasteiger partial charge in [0.15, 0.2) is 0 Å². The number of nitrogens with zero attached hydrogens (tertiary/aromatic N) is 2. The van der Waals surface area contributed by atoms with Crippen LogP contribution in [0.3, 0.4) is 0 Å². The van der Waals surface area contributed by atoms with Crippen LogP contribution in [-0.2, 0) is 9.59 Å². The molecule has 0 aliphatic heterocycles. The zero-order valence-electron chi connectivity index (χ0n) is 14.1. The highest BCUT2D eigenvalue weighted by Crippen LogP contribution is 2.59. The molecule has 4 atom stereocenters. The molecular formula is C16H23Cl3N2O2. The number of fused-ring (bicyclic) bond motifs is 2. The van der Waals surface area contributed by atoms with Crippen LogP contribution < -0.4 is 0 Å². The smallest absolute Gasteiger partial charge is 0.226 e. The van der Waals surface area contributed by atoms with Gasteiger partial charge in [-0.1, -0.05) is 40.4 Å². The zero-order chi connectivity index (χ0) is 17.7. The first kappa shape index (κ1) is 18.9. The number of carbonyl (C=O) groups is 2. The van der Waals surface area contributed by atoms with Gasteiger partial charge in [-0.25, -0.2) is 0 Å². The number of rotatable bonds is 2. The van der Waals surface area contributed by atoms with Crippen molar-refractivity contribution in [3.05, 3.63) is 11.1 Å². The van der Waals surface area contributed by atoms with Gasteiger partial charge in [0.1, 0.15) is 0 Å². The van der Waals surface area contributed by atoms with E-state index < -0.39 is 3.79 Å². The topological polar surface area (TPSA) is 40.6 Å². The minimum Gasteiger partial charge on any atom is -0.349 e. The molecule has 7 heteroatoms. The maximum Gasteiger partial charge on any atom is 0.226 e. The Labute approximate surface area is 152 Å². The van der Waals surface area contributed by atoms with Crippen molar-refractivity contribution in [3.63, 3.8) is 0 Å². The van der Waals surface area contributed by atoms with Gasteiger partial charge in [-0.05, 0) is 37.2 Å². The highest BCUT2D eigenvalue weighted by Gasteiger charge is 2.58. The average Bonchev–Trinajstić information content (AvgIpc) is 2.98. The molecule has 0 heterocycles. The molecule has 2 bridgehead atoms. The molecule has 2 fully saturated rings. The van der Waals surface area contributed by atoms with Crippen LogP contribution in [-0.4, -0.2) is 53.6 Å². The maximum absolute atomic E-state index is 12.7. The molecule has 23 heavy (non-hydrogen) atoms. The summed E-state index contributed by atoms with van der Waals surface area (Å²) in [7, 11) is 6.88. The molecule has 0 spiro atoms. The molecule has 2 aliphatic carbocycles. The largest absolute Gasteiger partial charge is 0.349 e. The number of hydrogen-bond acceptors (Lipinski definition) is 2. The molecule has 0 radical (unpaired) electrons. The van der Waals surface area contributed by atoms with Crippen LogP contribution in [0.25, 0.3) is 0 Å². The fraction of sp³-hybridized carbons (Fsp3) is 0.750. The number of amides is 2. The van der Waals surface area contributed by atoms with Crippen LogP contribution >= 0.6 is 34.8 Å². The molecule has 0 N–H and O–H groups in total. The first-order valence-corrected chi connectivity index (χ1v) is 8.82. The van der Waals surface area contributed by atoms with Crippen molar-refractivity contribution in [3.8, 4) is 0 Å². The van der Waals surface area contributed by atoms with E-state index in [9.17, 15) is 9.59 Å². The van der Waals surface area contributed by atoms with Crippen molar-refractivity contribution < 1.29 is 9.59 Å². The van der Waals surface area contributed by atoms with Crippen molar-refractivity contribution in [1.82, 2.24) is 9.80 Å². The zero-order valence-corrected chi connectivity index (χ0v) is 16.3. The van der Waals surface area contributed by atoms with Gasteiger partial charge >= 0.3 is 0 Å². The van der Waals surface area contributed by atoms with Crippen LogP contribution in [0.5, 0.6) is 0 Å². The number of hydrogen-bond donors (Lipinski definition) is 0. The molecule has 130 valence electrons. The summed E-state index contributed by atoms with van der Waals surface area (Å²) in [5.74, 6) is -0.801. The van der Waals surface area contributed by atoms with Gasteiger partial charge in [0.2, 0.25) is 15.6 Å². The van der Waals surface area contributed by atoms with Crippen molar-refractivity contribution >= 4 is 46.6 Å². The van der Waals surface area contributed by atoms with E-state index in [-0.39, 0.29) is 35.5 Å². The lowest BCUT2D eigenvalue weighted by molar-refractivity contribution is -0.146. The quantitative estimate of drug-likeness (QED) is 0.545. The third-order valence-corrected chi connectivity index (χ3v) is 6.00. The fourth-order valence-corrected chi connectivity index (χ4v) is 4.49. The Bertz CT molecular complexity index is 516. The Kier molecular flexibility index (Phi) is 5.30. The molecule has 2 saturated carbocycles. The predicted octanol–water partition coefficient (Wildman–Crippen LogP) is 3.12. The lowest BCUT2D eigenvalue weighted by Gasteiger charge is -2.32. The number of alkyl halides is 3. The van der Waals surface area contributed by atoms with E-state index in [4.69, 9.17) is 34.8 Å². The van der Waals surface area contributed by atoms with Crippen LogP contribution in [0.2, 0.25) is 0 Å². The van der Waals surface area contributed by atoms with E-state index in [2.05, 4.69) is 0 Å². The summed E-state index contributed by atoms with van der Waals surface area (Å²) in [5.41, 5.74) is 1.67. The van der Waals surface area contributed by atoms with E-state index in [1.165, 1.54) is 0 Å². The van der Waals surface area contributed by atoms with E-state index in [1.54, 1.807) is 44.9 Å². The molecule has 0 aromatic carbocycles. The average molecular weight is 382 g/mol. The summed E-state index contributed by atoms with van der Waals surface area (Å²) >= 11 is 18.3. The number of carbonyl (C=O) groups excluding carboxylic acids is 2. The van der Waals surface area contributed by atoms with Gasteiger partial charge in [0.05, 0.1) is 11.8 Å². The van der Waals surface area contributed by atoms with Crippen LogP contribution in [0.15, 0.2) is 11.1 Å². The summed E-state index contributed by atoms with van der Waals surface area (Å²) < 4.78 is -1.50. The molecular weight excluding hydrogens is 359 g/mol. The fourth-order valence-electron chi connectivity index (χ4n) is 4.16. The lowest BCUT2D eigenvalue weighted by Crippen LogP contribution is -2.44. The second-order valence-corrected chi connectivity index (χ2v) is 9.17. The SMILES string of the molecule is CC(=C1C2CCC1C(C(=O)N(C)C)C2C(=O)N(C)C)C(Cl)(Cl)Cl. The summed E-state index contributed by atoms with van der Waals surface area (Å²) in [4.78, 5) is 28.6. The Balaban J connectivity index is 2.54. The first-order chi connectivity index (χ1) is 10.5. The molecule has 4 nitrogen and oxygen atoms in total. The summed E-state index contributed by atoms with van der Waals surface area (Å²) in [5, 5.41) is 0. The highest BCUT2D eigenvalue weighted by atomic mass is 35.6. The van der Waals surface area contributed by atoms with Gasteiger partial charge in [-0.3, -0.25) is 9.59 Å². The van der Waals surface area contributed by atoms with E-state index in [0.29, 0.717) is 5.57 Å². The lowest BCUT2D eigenvalue weighted by atomic mass is 9.77. The van der Waals surface area contributed by atoms with Crippen LogP contribution in [0, 0.1) is 23.7 Å². The molecule has 2 aliphatic rings. The number of allylic oxidation sites excluding steroid dienone is 2. The summed E-state index contributed by atoms with van der Waals surface area (Å²) in [6, 6.07) is 0. The molecule has 4 unspecified atom stereocenters. The number of halogens is 3. The minimum atomic E-state index is -1.50. The Hall–Kier alpha value is -0.450. The van der Waals surface area contributed by atoms with Crippen molar-refractivity contribution in [2.24, 2.45) is 23.7 Å². The second-order valence-electron chi connectivity index (χ2n) is 6.89. The molecule has 0 saturated heterocycles. The van der Waals surface area contributed by atoms with Gasteiger partial charge in [0, 0.05) is 28.2 Å². The van der Waals surface area contributed by atoms with Crippen molar-refractivity contribution in [1.29, 1.82) is 0 Å². The van der Waals surface area contributed by atoms with Crippen molar-refractivity contribution in [2.45, 2.75) is 23.6 Å². The summed E-state index contributed by atoms with van der Waals surface area (Å²) in [6.45, 7) is 1.80. The Morgan fingerprint density at radius 3 is 1.52 bits per heavy atom. The second kappa shape index (κ2) is 6.45. The van der Waals surface area contributed by atoms with E-state index in [1.807, 2.05) is 0 Å². The first-order valence-electron chi connectivity index (χ1n) is 7.68. The minimum absolute atomic E-state index is 0.0144. The Morgan fingerprint density at radius 2 is 1.26 bits per heavy atom. The standard InChI is InChI=1S/C16H23Cl3N2O2/c1-8(16(17,18)19)11-9-6-7-10(11)13(15(23)21(4)5)12(9)14(22)20(2)3/h9-10,12-13H,6-7H2,1-5H3.